The summed E-state index contributed by atoms with van der Waals surface area (Å²) in [7, 11) is -0.245. The number of benzene rings is 2. The molecule has 1 N–H and O–H groups in total. The Morgan fingerprint density at radius 2 is 1.71 bits per heavy atom. The maximum Gasteiger partial charge on any atom is 0.257 e. The first-order chi connectivity index (χ1) is 16.9. The minimum Gasteiger partial charge on any atom is -0.497 e. The minimum atomic E-state index is -3.50. The molecule has 1 aliphatic rings. The molecule has 2 heterocycles. The summed E-state index contributed by atoms with van der Waals surface area (Å²) in [6, 6.07) is 11.8. The number of rotatable bonds is 10. The van der Waals surface area contributed by atoms with Gasteiger partial charge in [-0.15, -0.1) is 11.3 Å². The van der Waals surface area contributed by atoms with Gasteiger partial charge in [-0.05, 0) is 54.8 Å². The summed E-state index contributed by atoms with van der Waals surface area (Å²) in [6.45, 7) is 1.09. The fourth-order valence-electron chi connectivity index (χ4n) is 3.68. The molecular formula is C24H27N3O5S3. The second-order valence-electron chi connectivity index (χ2n) is 7.95. The third kappa shape index (κ3) is 6.35. The van der Waals surface area contributed by atoms with Gasteiger partial charge in [-0.2, -0.15) is 16.1 Å². The van der Waals surface area contributed by atoms with Crippen LogP contribution in [0, 0.1) is 0 Å². The number of hydrogen-bond donors (Lipinski definition) is 1. The summed E-state index contributed by atoms with van der Waals surface area (Å²) in [5.74, 6) is 2.63. The highest BCUT2D eigenvalue weighted by molar-refractivity contribution is 7.97. The van der Waals surface area contributed by atoms with Crippen LogP contribution in [0.5, 0.6) is 11.5 Å². The molecule has 0 radical (unpaired) electrons. The lowest BCUT2D eigenvalue weighted by atomic mass is 10.2. The zero-order valence-electron chi connectivity index (χ0n) is 19.5. The number of nitrogens with zero attached hydrogens (tertiary/aromatic N) is 2. The van der Waals surface area contributed by atoms with Crippen LogP contribution in [-0.2, 0) is 21.5 Å². The van der Waals surface area contributed by atoms with Crippen LogP contribution in [0.2, 0.25) is 0 Å². The third-order valence-corrected chi connectivity index (χ3v) is 9.28. The molecule has 0 spiro atoms. The van der Waals surface area contributed by atoms with Gasteiger partial charge in [0, 0.05) is 41.6 Å². The molecule has 0 unspecified atom stereocenters. The topological polar surface area (TPSA) is 97.8 Å². The number of hydrogen-bond acceptors (Lipinski definition) is 8. The number of amides is 1. The molecule has 8 nitrogen and oxygen atoms in total. The molecule has 0 aliphatic carbocycles. The molecule has 1 fully saturated rings. The summed E-state index contributed by atoms with van der Waals surface area (Å²) < 4.78 is 37.4. The number of thioether (sulfide) groups is 1. The summed E-state index contributed by atoms with van der Waals surface area (Å²) in [6.07, 6.45) is 1.76. The molecule has 2 aromatic carbocycles. The van der Waals surface area contributed by atoms with Crippen molar-refractivity contribution in [1.29, 1.82) is 0 Å². The van der Waals surface area contributed by atoms with E-state index in [1.807, 2.05) is 23.6 Å². The van der Waals surface area contributed by atoms with Crippen molar-refractivity contribution in [1.82, 2.24) is 9.29 Å². The maximum atomic E-state index is 12.7. The lowest BCUT2D eigenvalue weighted by Gasteiger charge is -2.15. The molecule has 11 heteroatoms. The third-order valence-electron chi connectivity index (χ3n) is 5.52. The number of ether oxygens (including phenoxy) is 2. The van der Waals surface area contributed by atoms with E-state index in [1.54, 1.807) is 26.0 Å². The number of methoxy groups -OCH3 is 2. The number of carbonyl (C=O) groups is 1. The van der Waals surface area contributed by atoms with Gasteiger partial charge in [0.15, 0.2) is 5.13 Å². The van der Waals surface area contributed by atoms with Crippen LogP contribution in [0.4, 0.5) is 5.13 Å². The van der Waals surface area contributed by atoms with E-state index in [0.717, 1.165) is 41.4 Å². The molecule has 0 atom stereocenters. The number of aromatic nitrogens is 1. The van der Waals surface area contributed by atoms with Crippen LogP contribution < -0.4 is 14.8 Å². The van der Waals surface area contributed by atoms with Gasteiger partial charge in [-0.3, -0.25) is 10.1 Å². The Balaban J connectivity index is 1.31. The minimum absolute atomic E-state index is 0.207. The highest BCUT2D eigenvalue weighted by Crippen LogP contribution is 2.27. The zero-order valence-corrected chi connectivity index (χ0v) is 22.0. The standard InChI is InChI=1S/C24H27N3O5S3/c1-31-20-11-17(12-21(13-20)32-2)14-33-15-19-16-34-24(25-19)26-23(28)18-5-7-22(8-6-18)35(29,30)27-9-3-4-10-27/h5-8,11-13,16H,3-4,9-10,14-15H2,1-2H3,(H,25,26,28). The molecule has 1 aromatic heterocycles. The van der Waals surface area contributed by atoms with Gasteiger partial charge in [0.25, 0.3) is 5.91 Å². The van der Waals surface area contributed by atoms with E-state index in [4.69, 9.17) is 9.47 Å². The predicted octanol–water partition coefficient (Wildman–Crippen LogP) is 4.63. The monoisotopic (exact) mass is 533 g/mol. The van der Waals surface area contributed by atoms with Crippen LogP contribution in [0.1, 0.15) is 34.5 Å². The lowest BCUT2D eigenvalue weighted by Crippen LogP contribution is -2.27. The Hall–Kier alpha value is -2.60. The molecule has 1 aliphatic heterocycles. The number of sulfonamides is 1. The fourth-order valence-corrected chi connectivity index (χ4v) is 6.87. The molecule has 4 rings (SSSR count). The van der Waals surface area contributed by atoms with Crippen LogP contribution in [-0.4, -0.2) is 50.9 Å². The Kier molecular flexibility index (Phi) is 8.32. The van der Waals surface area contributed by atoms with E-state index < -0.39 is 10.0 Å². The molecule has 1 amide bonds. The highest BCUT2D eigenvalue weighted by atomic mass is 32.2. The largest absolute Gasteiger partial charge is 0.497 e. The first-order valence-corrected chi connectivity index (χ1v) is 14.5. The lowest BCUT2D eigenvalue weighted by molar-refractivity contribution is 0.102. The predicted molar refractivity (Wildman–Crippen MR) is 139 cm³/mol. The quantitative estimate of drug-likeness (QED) is 0.406. The van der Waals surface area contributed by atoms with Gasteiger partial charge in [-0.1, -0.05) is 0 Å². The molecular weight excluding hydrogens is 506 g/mol. The normalized spacial score (nSPS) is 14.1. The molecule has 0 saturated carbocycles. The average Bonchev–Trinajstić information content (AvgIpc) is 3.57. The first-order valence-electron chi connectivity index (χ1n) is 11.0. The van der Waals surface area contributed by atoms with Gasteiger partial charge in [0.1, 0.15) is 11.5 Å². The van der Waals surface area contributed by atoms with E-state index in [2.05, 4.69) is 10.3 Å². The molecule has 3 aromatic rings. The van der Waals surface area contributed by atoms with Crippen molar-refractivity contribution in [2.45, 2.75) is 29.2 Å². The van der Waals surface area contributed by atoms with E-state index in [9.17, 15) is 13.2 Å². The summed E-state index contributed by atoms with van der Waals surface area (Å²) >= 11 is 3.06. The fraction of sp³-hybridized carbons (Fsp3) is 0.333. The number of nitrogens with one attached hydrogen (secondary N) is 1. The van der Waals surface area contributed by atoms with Gasteiger partial charge in [-0.25, -0.2) is 13.4 Å². The van der Waals surface area contributed by atoms with Gasteiger partial charge in [0.2, 0.25) is 10.0 Å². The highest BCUT2D eigenvalue weighted by Gasteiger charge is 2.27. The van der Waals surface area contributed by atoms with E-state index >= 15 is 0 Å². The summed E-state index contributed by atoms with van der Waals surface area (Å²) in [4.78, 5) is 17.3. The first kappa shape index (κ1) is 25.5. The van der Waals surface area contributed by atoms with Crippen molar-refractivity contribution in [2.75, 3.05) is 32.6 Å². The second-order valence-corrected chi connectivity index (χ2v) is 11.7. The van der Waals surface area contributed by atoms with Gasteiger partial charge < -0.3 is 9.47 Å². The number of carbonyl (C=O) groups excluding carboxylic acids is 1. The molecule has 0 bridgehead atoms. The zero-order chi connectivity index (χ0) is 24.8. The second kappa shape index (κ2) is 11.4. The van der Waals surface area contributed by atoms with Crippen molar-refractivity contribution >= 4 is 44.2 Å². The molecule has 35 heavy (non-hydrogen) atoms. The van der Waals surface area contributed by atoms with E-state index in [0.29, 0.717) is 29.5 Å². The Labute approximate surface area is 213 Å². The number of thiazole rings is 1. The van der Waals surface area contributed by atoms with Crippen LogP contribution in [0.25, 0.3) is 0 Å². The van der Waals surface area contributed by atoms with Crippen LogP contribution >= 0.6 is 23.1 Å². The molecule has 186 valence electrons. The van der Waals surface area contributed by atoms with Crippen molar-refractivity contribution in [3.8, 4) is 11.5 Å². The van der Waals surface area contributed by atoms with Gasteiger partial charge in [0.05, 0.1) is 24.8 Å². The van der Waals surface area contributed by atoms with Crippen molar-refractivity contribution in [3.63, 3.8) is 0 Å². The summed E-state index contributed by atoms with van der Waals surface area (Å²) in [5.41, 5.74) is 2.34. The van der Waals surface area contributed by atoms with Crippen LogP contribution in [0.15, 0.2) is 52.7 Å². The van der Waals surface area contributed by atoms with Crippen molar-refractivity contribution < 1.29 is 22.7 Å². The van der Waals surface area contributed by atoms with Gasteiger partial charge >= 0.3 is 0 Å². The SMILES string of the molecule is COc1cc(CSCc2csc(NC(=O)c3ccc(S(=O)(=O)N4CCCC4)cc3)n2)cc(OC)c1. The number of anilines is 1. The van der Waals surface area contributed by atoms with E-state index in [1.165, 1.54) is 39.9 Å². The Bertz CT molecular complexity index is 1250. The van der Waals surface area contributed by atoms with Crippen molar-refractivity contribution in [2.24, 2.45) is 0 Å². The summed E-state index contributed by atoms with van der Waals surface area (Å²) in [5, 5.41) is 5.22. The molecule has 1 saturated heterocycles. The maximum absolute atomic E-state index is 12.7. The smallest absolute Gasteiger partial charge is 0.257 e. The average molecular weight is 534 g/mol. The van der Waals surface area contributed by atoms with Crippen molar-refractivity contribution in [3.05, 3.63) is 64.7 Å². The Morgan fingerprint density at radius 3 is 2.34 bits per heavy atom. The van der Waals surface area contributed by atoms with E-state index in [-0.39, 0.29) is 10.8 Å². The Morgan fingerprint density at radius 1 is 1.06 bits per heavy atom. The van der Waals surface area contributed by atoms with Crippen LogP contribution in [0.3, 0.4) is 0 Å².